The molecule has 1 saturated heterocycles. The van der Waals surface area contributed by atoms with E-state index < -0.39 is 17.2 Å². The van der Waals surface area contributed by atoms with Gasteiger partial charge in [0.2, 0.25) is 5.91 Å². The number of hydrogen-bond donors (Lipinski definition) is 0. The van der Waals surface area contributed by atoms with Gasteiger partial charge in [-0.25, -0.2) is 8.78 Å². The summed E-state index contributed by atoms with van der Waals surface area (Å²) in [4.78, 5) is 13.3. The van der Waals surface area contributed by atoms with Crippen molar-refractivity contribution in [2.24, 2.45) is 11.8 Å². The van der Waals surface area contributed by atoms with Crippen LogP contribution in [0.15, 0.2) is 0 Å². The molecule has 16 heavy (non-hydrogen) atoms. The summed E-state index contributed by atoms with van der Waals surface area (Å²) >= 11 is 5.84. The van der Waals surface area contributed by atoms with E-state index in [0.717, 1.165) is 0 Å². The smallest absolute Gasteiger partial charge is 0.252 e. The summed E-state index contributed by atoms with van der Waals surface area (Å²) in [5.74, 6) is -3.44. The van der Waals surface area contributed by atoms with Crippen LogP contribution in [-0.2, 0) is 4.79 Å². The Hall–Kier alpha value is -0.380. The Kier molecular flexibility index (Phi) is 3.12. The molecule has 1 saturated carbocycles. The largest absolute Gasteiger partial charge is 0.341 e. The molecule has 1 heterocycles. The average Bonchev–Trinajstić information content (AvgIpc) is 2.78. The topological polar surface area (TPSA) is 20.3 Å². The fourth-order valence-electron chi connectivity index (χ4n) is 2.76. The minimum atomic E-state index is -2.59. The molecule has 0 aromatic rings. The van der Waals surface area contributed by atoms with Gasteiger partial charge in [0.15, 0.2) is 0 Å². The first-order valence-corrected chi connectivity index (χ1v) is 6.20. The van der Waals surface area contributed by atoms with E-state index in [0.29, 0.717) is 19.4 Å². The van der Waals surface area contributed by atoms with Crippen LogP contribution in [0.1, 0.15) is 26.2 Å². The second-order valence-corrected chi connectivity index (χ2v) is 5.31. The lowest BCUT2D eigenvalue weighted by Crippen LogP contribution is -2.37. The second-order valence-electron chi connectivity index (χ2n) is 4.79. The van der Waals surface area contributed by atoms with Crippen molar-refractivity contribution in [1.82, 2.24) is 4.90 Å². The van der Waals surface area contributed by atoms with E-state index in [-0.39, 0.29) is 24.8 Å². The van der Waals surface area contributed by atoms with Gasteiger partial charge in [-0.05, 0) is 18.8 Å². The molecule has 2 nitrogen and oxygen atoms in total. The van der Waals surface area contributed by atoms with Gasteiger partial charge in [0.25, 0.3) is 5.92 Å². The molecule has 1 aliphatic carbocycles. The Morgan fingerprint density at radius 2 is 2.25 bits per heavy atom. The number of halogens is 3. The Bertz CT molecular complexity index is 298. The fraction of sp³-hybridized carbons (Fsp3) is 0.909. The van der Waals surface area contributed by atoms with E-state index in [1.54, 1.807) is 0 Å². The summed E-state index contributed by atoms with van der Waals surface area (Å²) < 4.78 is 26.9. The van der Waals surface area contributed by atoms with E-state index in [1.165, 1.54) is 4.90 Å². The summed E-state index contributed by atoms with van der Waals surface area (Å²) in [6.45, 7) is 2.46. The highest BCUT2D eigenvalue weighted by Crippen LogP contribution is 2.48. The van der Waals surface area contributed by atoms with Crippen molar-refractivity contribution < 1.29 is 13.6 Å². The zero-order chi connectivity index (χ0) is 11.9. The summed E-state index contributed by atoms with van der Waals surface area (Å²) in [5, 5.41) is -0.563. The van der Waals surface area contributed by atoms with Crippen molar-refractivity contribution >= 4 is 17.5 Å². The molecule has 2 aliphatic rings. The van der Waals surface area contributed by atoms with Gasteiger partial charge in [-0.1, -0.05) is 6.92 Å². The van der Waals surface area contributed by atoms with Crippen LogP contribution in [0, 0.1) is 11.8 Å². The minimum Gasteiger partial charge on any atom is -0.341 e. The summed E-state index contributed by atoms with van der Waals surface area (Å²) in [5.41, 5.74) is 0. The van der Waals surface area contributed by atoms with Gasteiger partial charge < -0.3 is 4.90 Å². The zero-order valence-corrected chi connectivity index (χ0v) is 10.0. The predicted molar refractivity (Wildman–Crippen MR) is 57.7 cm³/mol. The number of nitrogens with zero attached hydrogens (tertiary/aromatic N) is 1. The molecule has 0 spiro atoms. The molecule has 2 rings (SSSR count). The molecule has 2 fully saturated rings. The van der Waals surface area contributed by atoms with Crippen molar-refractivity contribution in [2.75, 3.05) is 13.1 Å². The normalized spacial score (nSPS) is 33.9. The third-order valence-corrected chi connectivity index (χ3v) is 4.27. The molecule has 0 aromatic heterocycles. The summed E-state index contributed by atoms with van der Waals surface area (Å²) in [6, 6.07) is 0. The maximum absolute atomic E-state index is 13.4. The maximum Gasteiger partial charge on any atom is 0.252 e. The number of rotatable bonds is 2. The molecule has 3 atom stereocenters. The molecule has 92 valence electrons. The van der Waals surface area contributed by atoms with Gasteiger partial charge in [0, 0.05) is 25.4 Å². The van der Waals surface area contributed by atoms with Crippen LogP contribution in [0.5, 0.6) is 0 Å². The molecule has 0 N–H and O–H groups in total. The first kappa shape index (κ1) is 12.1. The molecule has 1 amide bonds. The van der Waals surface area contributed by atoms with Crippen molar-refractivity contribution in [3.63, 3.8) is 0 Å². The van der Waals surface area contributed by atoms with E-state index in [2.05, 4.69) is 0 Å². The first-order valence-electron chi connectivity index (χ1n) is 5.76. The number of alkyl halides is 3. The monoisotopic (exact) mass is 251 g/mol. The van der Waals surface area contributed by atoms with Gasteiger partial charge in [-0.2, -0.15) is 0 Å². The lowest BCUT2D eigenvalue weighted by molar-refractivity contribution is -0.130. The molecule has 0 radical (unpaired) electrons. The summed E-state index contributed by atoms with van der Waals surface area (Å²) in [6.07, 6.45) is 1.05. The van der Waals surface area contributed by atoms with E-state index in [9.17, 15) is 13.6 Å². The van der Waals surface area contributed by atoms with E-state index >= 15 is 0 Å². The molecular formula is C11H16ClF2NO. The van der Waals surface area contributed by atoms with Crippen LogP contribution >= 0.6 is 11.6 Å². The first-order chi connectivity index (χ1) is 7.45. The van der Waals surface area contributed by atoms with Crippen molar-refractivity contribution in [3.8, 4) is 0 Å². The Labute approximate surface area is 98.9 Å². The van der Waals surface area contributed by atoms with Gasteiger partial charge in [0.05, 0.1) is 0 Å². The second kappa shape index (κ2) is 4.13. The van der Waals surface area contributed by atoms with Crippen LogP contribution in [0.3, 0.4) is 0 Å². The Balaban J connectivity index is 2.01. The van der Waals surface area contributed by atoms with Gasteiger partial charge in [-0.15, -0.1) is 11.6 Å². The third kappa shape index (κ3) is 1.92. The highest BCUT2D eigenvalue weighted by atomic mass is 35.5. The van der Waals surface area contributed by atoms with Crippen molar-refractivity contribution in [3.05, 3.63) is 0 Å². The molecule has 1 aliphatic heterocycles. The average molecular weight is 252 g/mol. The number of amides is 1. The maximum atomic E-state index is 13.4. The number of carbonyl (C=O) groups excluding carboxylic acids is 1. The Morgan fingerprint density at radius 3 is 2.81 bits per heavy atom. The van der Waals surface area contributed by atoms with Crippen molar-refractivity contribution in [2.45, 2.75) is 37.5 Å². The number of likely N-dealkylation sites (tertiary alicyclic amines) is 1. The standard InChI is InChI=1S/C11H16ClF2NO/c1-2-9(12)10(16)15-5-7-3-4-11(13,14)8(7)6-15/h7-9H,2-6H2,1H3/t7-,8+,9-/m0/s1. The minimum absolute atomic E-state index is 0.0254. The van der Waals surface area contributed by atoms with E-state index in [4.69, 9.17) is 11.6 Å². The molecule has 0 bridgehead atoms. The molecular weight excluding hydrogens is 236 g/mol. The lowest BCUT2D eigenvalue weighted by Gasteiger charge is -2.22. The highest BCUT2D eigenvalue weighted by molar-refractivity contribution is 6.30. The third-order valence-electron chi connectivity index (χ3n) is 3.77. The zero-order valence-electron chi connectivity index (χ0n) is 9.26. The molecule has 0 aromatic carbocycles. The van der Waals surface area contributed by atoms with E-state index in [1.807, 2.05) is 6.92 Å². The number of carbonyl (C=O) groups is 1. The van der Waals surface area contributed by atoms with Gasteiger partial charge >= 0.3 is 0 Å². The molecule has 5 heteroatoms. The fourth-order valence-corrected chi connectivity index (χ4v) is 2.90. The van der Waals surface area contributed by atoms with Crippen LogP contribution in [0.2, 0.25) is 0 Å². The quantitative estimate of drug-likeness (QED) is 0.691. The van der Waals surface area contributed by atoms with Crippen molar-refractivity contribution in [1.29, 1.82) is 0 Å². The predicted octanol–water partition coefficient (Wildman–Crippen LogP) is 2.51. The van der Waals surface area contributed by atoms with Crippen LogP contribution in [0.25, 0.3) is 0 Å². The Morgan fingerprint density at radius 1 is 1.56 bits per heavy atom. The number of fused-ring (bicyclic) bond motifs is 1. The van der Waals surface area contributed by atoms with Crippen LogP contribution in [-0.4, -0.2) is 35.2 Å². The van der Waals surface area contributed by atoms with Crippen LogP contribution in [0.4, 0.5) is 8.78 Å². The summed E-state index contributed by atoms with van der Waals surface area (Å²) in [7, 11) is 0. The van der Waals surface area contributed by atoms with Crippen LogP contribution < -0.4 is 0 Å². The lowest BCUT2D eigenvalue weighted by atomic mass is 9.99. The van der Waals surface area contributed by atoms with Gasteiger partial charge in [-0.3, -0.25) is 4.79 Å². The number of hydrogen-bond acceptors (Lipinski definition) is 1. The van der Waals surface area contributed by atoms with Gasteiger partial charge in [0.1, 0.15) is 5.38 Å². The molecule has 0 unspecified atom stereocenters. The highest BCUT2D eigenvalue weighted by Gasteiger charge is 2.54. The SMILES string of the molecule is CC[C@H](Cl)C(=O)N1C[C@@H]2CCC(F)(F)[C@@H]2C1.